The Labute approximate surface area is 154 Å². The fraction of sp³-hybridized carbons (Fsp3) is 0.211. The summed E-state index contributed by atoms with van der Waals surface area (Å²) < 4.78 is 32.2. The minimum absolute atomic E-state index is 0.0717. The number of ether oxygens (including phenoxy) is 1. The summed E-state index contributed by atoms with van der Waals surface area (Å²) in [4.78, 5) is 23.9. The van der Waals surface area contributed by atoms with Crippen molar-refractivity contribution in [3.05, 3.63) is 81.5 Å². The molecule has 2 aromatic carbocycles. The van der Waals surface area contributed by atoms with Gasteiger partial charge in [0.2, 0.25) is 0 Å². The SMILES string of the molecule is C=C(C(=O)OCC)N(Cc1ccc(F)cc1F)c1ccc([N+](=O)[O-])cc1C. The van der Waals surface area contributed by atoms with Gasteiger partial charge >= 0.3 is 5.97 Å². The first-order chi connectivity index (χ1) is 12.7. The van der Waals surface area contributed by atoms with Crippen LogP contribution in [0.2, 0.25) is 0 Å². The van der Waals surface area contributed by atoms with E-state index in [1.807, 2.05) is 0 Å². The highest BCUT2D eigenvalue weighted by molar-refractivity contribution is 5.92. The molecular formula is C19H18F2N2O4. The average molecular weight is 376 g/mol. The number of hydrogen-bond acceptors (Lipinski definition) is 5. The number of esters is 1. The van der Waals surface area contributed by atoms with Gasteiger partial charge < -0.3 is 9.64 Å². The zero-order valence-corrected chi connectivity index (χ0v) is 14.9. The summed E-state index contributed by atoms with van der Waals surface area (Å²) in [6.07, 6.45) is 0. The van der Waals surface area contributed by atoms with E-state index < -0.39 is 22.5 Å². The van der Waals surface area contributed by atoms with Crippen LogP contribution in [0.1, 0.15) is 18.1 Å². The molecular weight excluding hydrogens is 358 g/mol. The number of nitro benzene ring substituents is 1. The van der Waals surface area contributed by atoms with Crippen LogP contribution in [0.5, 0.6) is 0 Å². The summed E-state index contributed by atoms with van der Waals surface area (Å²) in [5.41, 5.74) is 0.836. The second-order valence-corrected chi connectivity index (χ2v) is 5.72. The third-order valence-electron chi connectivity index (χ3n) is 3.86. The van der Waals surface area contributed by atoms with E-state index in [-0.39, 0.29) is 30.1 Å². The van der Waals surface area contributed by atoms with Gasteiger partial charge in [0.05, 0.1) is 18.1 Å². The maximum absolute atomic E-state index is 14.1. The quantitative estimate of drug-likeness (QED) is 0.312. The molecule has 142 valence electrons. The van der Waals surface area contributed by atoms with Crippen molar-refractivity contribution in [1.82, 2.24) is 0 Å². The molecule has 0 atom stereocenters. The summed E-state index contributed by atoms with van der Waals surface area (Å²) in [7, 11) is 0. The molecule has 2 rings (SSSR count). The van der Waals surface area contributed by atoms with E-state index in [0.29, 0.717) is 11.3 Å². The third kappa shape index (κ3) is 4.66. The number of halogens is 2. The van der Waals surface area contributed by atoms with Gasteiger partial charge in [-0.2, -0.15) is 0 Å². The maximum Gasteiger partial charge on any atom is 0.354 e. The Hall–Kier alpha value is -3.29. The molecule has 0 aliphatic carbocycles. The molecule has 0 amide bonds. The maximum atomic E-state index is 14.1. The van der Waals surface area contributed by atoms with Crippen molar-refractivity contribution in [1.29, 1.82) is 0 Å². The highest BCUT2D eigenvalue weighted by atomic mass is 19.1. The van der Waals surface area contributed by atoms with Crippen molar-refractivity contribution in [3.8, 4) is 0 Å². The van der Waals surface area contributed by atoms with Crippen LogP contribution < -0.4 is 4.90 Å². The second-order valence-electron chi connectivity index (χ2n) is 5.72. The fourth-order valence-corrected chi connectivity index (χ4v) is 2.53. The Morgan fingerprint density at radius 3 is 2.52 bits per heavy atom. The lowest BCUT2D eigenvalue weighted by molar-refractivity contribution is -0.384. The lowest BCUT2D eigenvalue weighted by Gasteiger charge is -2.27. The van der Waals surface area contributed by atoms with Gasteiger partial charge in [-0.3, -0.25) is 10.1 Å². The molecule has 27 heavy (non-hydrogen) atoms. The summed E-state index contributed by atoms with van der Waals surface area (Å²) >= 11 is 0. The number of nitro groups is 1. The molecule has 0 spiro atoms. The Bertz CT molecular complexity index is 899. The third-order valence-corrected chi connectivity index (χ3v) is 3.86. The van der Waals surface area contributed by atoms with E-state index in [1.165, 1.54) is 29.2 Å². The zero-order valence-electron chi connectivity index (χ0n) is 14.9. The molecule has 2 aromatic rings. The summed E-state index contributed by atoms with van der Waals surface area (Å²) in [6.45, 7) is 6.95. The van der Waals surface area contributed by atoms with Gasteiger partial charge in [0.25, 0.3) is 5.69 Å². The lowest BCUT2D eigenvalue weighted by atomic mass is 10.1. The van der Waals surface area contributed by atoms with Gasteiger partial charge in [-0.1, -0.05) is 12.6 Å². The van der Waals surface area contributed by atoms with Gasteiger partial charge in [0, 0.05) is 29.4 Å². The molecule has 6 nitrogen and oxygen atoms in total. The molecule has 8 heteroatoms. The van der Waals surface area contributed by atoms with Gasteiger partial charge in [0.1, 0.15) is 17.3 Å². The van der Waals surface area contributed by atoms with Crippen LogP contribution in [0.15, 0.2) is 48.7 Å². The molecule has 0 aliphatic heterocycles. The number of benzene rings is 2. The number of hydrogen-bond donors (Lipinski definition) is 0. The van der Waals surface area contributed by atoms with Gasteiger partial charge in [-0.25, -0.2) is 13.6 Å². The first kappa shape index (κ1) is 20.0. The van der Waals surface area contributed by atoms with Gasteiger partial charge in [-0.15, -0.1) is 0 Å². The largest absolute Gasteiger partial charge is 0.461 e. The van der Waals surface area contributed by atoms with Gasteiger partial charge in [0.15, 0.2) is 0 Å². The average Bonchev–Trinajstić information content (AvgIpc) is 2.61. The predicted molar refractivity (Wildman–Crippen MR) is 96.1 cm³/mol. The van der Waals surface area contributed by atoms with Crippen molar-refractivity contribution in [2.24, 2.45) is 0 Å². The Morgan fingerprint density at radius 2 is 1.96 bits per heavy atom. The predicted octanol–water partition coefficient (Wildman–Crippen LogP) is 4.26. The number of aryl methyl sites for hydroxylation is 1. The van der Waals surface area contributed by atoms with Crippen molar-refractivity contribution >= 4 is 17.3 Å². The first-order valence-electron chi connectivity index (χ1n) is 8.07. The number of non-ortho nitro benzene ring substituents is 1. The Morgan fingerprint density at radius 1 is 1.26 bits per heavy atom. The second kappa shape index (κ2) is 8.39. The van der Waals surface area contributed by atoms with Crippen LogP contribution >= 0.6 is 0 Å². The van der Waals surface area contributed by atoms with E-state index in [1.54, 1.807) is 13.8 Å². The van der Waals surface area contributed by atoms with Crippen molar-refractivity contribution < 1.29 is 23.2 Å². The summed E-state index contributed by atoms with van der Waals surface area (Å²) in [6, 6.07) is 7.16. The van der Waals surface area contributed by atoms with Crippen LogP contribution in [0.4, 0.5) is 20.2 Å². The number of anilines is 1. The molecule has 0 fully saturated rings. The summed E-state index contributed by atoms with van der Waals surface area (Å²) in [5, 5.41) is 10.9. The molecule has 0 radical (unpaired) electrons. The van der Waals surface area contributed by atoms with Crippen molar-refractivity contribution in [3.63, 3.8) is 0 Å². The van der Waals surface area contributed by atoms with E-state index in [9.17, 15) is 23.7 Å². The number of carbonyl (C=O) groups is 1. The Balaban J connectivity index is 2.48. The normalized spacial score (nSPS) is 10.4. The monoisotopic (exact) mass is 376 g/mol. The van der Waals surface area contributed by atoms with Gasteiger partial charge in [-0.05, 0) is 31.5 Å². The topological polar surface area (TPSA) is 72.7 Å². The fourth-order valence-electron chi connectivity index (χ4n) is 2.53. The molecule has 0 heterocycles. The highest BCUT2D eigenvalue weighted by Crippen LogP contribution is 2.29. The molecule has 0 bridgehead atoms. The minimum Gasteiger partial charge on any atom is -0.461 e. The standard InChI is InChI=1S/C19H18F2N2O4/c1-4-27-19(24)13(3)22(11-14-5-6-15(20)10-17(14)21)18-8-7-16(23(25)26)9-12(18)2/h5-10H,3-4,11H2,1-2H3. The Kier molecular flexibility index (Phi) is 6.23. The van der Waals surface area contributed by atoms with Crippen LogP contribution in [-0.4, -0.2) is 17.5 Å². The highest BCUT2D eigenvalue weighted by Gasteiger charge is 2.22. The summed E-state index contributed by atoms with van der Waals surface area (Å²) in [5.74, 6) is -2.22. The number of rotatable bonds is 7. The molecule has 0 saturated carbocycles. The first-order valence-corrected chi connectivity index (χ1v) is 8.07. The molecule has 0 unspecified atom stereocenters. The number of nitrogens with zero attached hydrogens (tertiary/aromatic N) is 2. The van der Waals surface area contributed by atoms with E-state index in [0.717, 1.165) is 12.1 Å². The molecule has 0 saturated heterocycles. The van der Waals surface area contributed by atoms with Crippen LogP contribution in [0.25, 0.3) is 0 Å². The van der Waals surface area contributed by atoms with E-state index in [2.05, 4.69) is 6.58 Å². The van der Waals surface area contributed by atoms with E-state index in [4.69, 9.17) is 4.74 Å². The molecule has 0 aliphatic rings. The van der Waals surface area contributed by atoms with Crippen LogP contribution in [0, 0.1) is 28.7 Å². The molecule has 0 N–H and O–H groups in total. The number of carbonyl (C=O) groups excluding carboxylic acids is 1. The van der Waals surface area contributed by atoms with Crippen molar-refractivity contribution in [2.45, 2.75) is 20.4 Å². The van der Waals surface area contributed by atoms with Crippen molar-refractivity contribution in [2.75, 3.05) is 11.5 Å². The van der Waals surface area contributed by atoms with Crippen LogP contribution in [0.3, 0.4) is 0 Å². The van der Waals surface area contributed by atoms with Crippen LogP contribution in [-0.2, 0) is 16.1 Å². The zero-order chi connectivity index (χ0) is 20.1. The smallest absolute Gasteiger partial charge is 0.354 e. The minimum atomic E-state index is -0.781. The lowest BCUT2D eigenvalue weighted by Crippen LogP contribution is -2.28. The molecule has 0 aromatic heterocycles. The van der Waals surface area contributed by atoms with E-state index >= 15 is 0 Å².